The quantitative estimate of drug-likeness (QED) is 0.630. The predicted molar refractivity (Wildman–Crippen MR) is 81.1 cm³/mol. The van der Waals surface area contributed by atoms with Crippen LogP contribution in [0.15, 0.2) is 35.0 Å². The SMILES string of the molecule is COc1ccc(/C=C2/N=C(C3CCCCC3)OC2=O)cc1. The van der Waals surface area contributed by atoms with E-state index < -0.39 is 0 Å². The molecule has 1 aromatic carbocycles. The van der Waals surface area contributed by atoms with Gasteiger partial charge in [-0.3, -0.25) is 0 Å². The van der Waals surface area contributed by atoms with E-state index in [1.807, 2.05) is 24.3 Å². The molecular weight excluding hydrogens is 266 g/mol. The van der Waals surface area contributed by atoms with E-state index in [0.29, 0.717) is 17.5 Å². The van der Waals surface area contributed by atoms with E-state index in [1.165, 1.54) is 19.3 Å². The Morgan fingerprint density at radius 1 is 1.19 bits per heavy atom. The number of benzene rings is 1. The van der Waals surface area contributed by atoms with Crippen LogP contribution < -0.4 is 4.74 Å². The summed E-state index contributed by atoms with van der Waals surface area (Å²) in [7, 11) is 1.63. The average Bonchev–Trinajstić information content (AvgIpc) is 2.90. The minimum atomic E-state index is -0.341. The highest BCUT2D eigenvalue weighted by atomic mass is 16.6. The van der Waals surface area contributed by atoms with Crippen LogP contribution in [-0.2, 0) is 9.53 Å². The minimum absolute atomic E-state index is 0.310. The highest BCUT2D eigenvalue weighted by Gasteiger charge is 2.29. The molecule has 2 aliphatic rings. The van der Waals surface area contributed by atoms with Crippen LogP contribution >= 0.6 is 0 Å². The van der Waals surface area contributed by atoms with Gasteiger partial charge in [-0.2, -0.15) is 0 Å². The van der Waals surface area contributed by atoms with Crippen molar-refractivity contribution in [2.24, 2.45) is 10.9 Å². The van der Waals surface area contributed by atoms with Crippen LogP contribution in [0.5, 0.6) is 5.75 Å². The zero-order chi connectivity index (χ0) is 14.7. The molecule has 110 valence electrons. The van der Waals surface area contributed by atoms with E-state index >= 15 is 0 Å². The van der Waals surface area contributed by atoms with Crippen LogP contribution in [0, 0.1) is 5.92 Å². The predicted octanol–water partition coefficient (Wildman–Crippen LogP) is 3.57. The van der Waals surface area contributed by atoms with Gasteiger partial charge >= 0.3 is 5.97 Å². The molecule has 0 saturated heterocycles. The molecule has 1 saturated carbocycles. The van der Waals surface area contributed by atoms with Crippen molar-refractivity contribution in [3.05, 3.63) is 35.5 Å². The first-order valence-electron chi connectivity index (χ1n) is 7.43. The van der Waals surface area contributed by atoms with E-state index in [1.54, 1.807) is 13.2 Å². The molecule has 1 heterocycles. The van der Waals surface area contributed by atoms with Gasteiger partial charge in [0.2, 0.25) is 5.90 Å². The number of methoxy groups -OCH3 is 1. The Hall–Kier alpha value is -2.10. The van der Waals surface area contributed by atoms with Crippen molar-refractivity contribution in [1.29, 1.82) is 0 Å². The first kappa shape index (κ1) is 13.9. The molecule has 1 fully saturated rings. The number of ether oxygens (including phenoxy) is 2. The standard InChI is InChI=1S/C17H19NO3/c1-20-14-9-7-12(8-10-14)11-15-17(19)21-16(18-15)13-5-3-2-4-6-13/h7-11,13H,2-6H2,1H3/b15-11+. The number of aliphatic imine (C=N–C) groups is 1. The molecule has 4 nitrogen and oxygen atoms in total. The summed E-state index contributed by atoms with van der Waals surface area (Å²) in [4.78, 5) is 16.3. The molecule has 0 N–H and O–H groups in total. The summed E-state index contributed by atoms with van der Waals surface area (Å²) in [5, 5.41) is 0. The monoisotopic (exact) mass is 285 g/mol. The topological polar surface area (TPSA) is 47.9 Å². The summed E-state index contributed by atoms with van der Waals surface area (Å²) < 4.78 is 10.5. The van der Waals surface area contributed by atoms with E-state index in [-0.39, 0.29) is 5.97 Å². The normalized spacial score (nSPS) is 21.3. The third-order valence-electron chi connectivity index (χ3n) is 4.01. The van der Waals surface area contributed by atoms with Crippen LogP contribution in [0.2, 0.25) is 0 Å². The Balaban J connectivity index is 1.78. The second-order valence-corrected chi connectivity index (χ2v) is 5.48. The Labute approximate surface area is 124 Å². The lowest BCUT2D eigenvalue weighted by Gasteiger charge is -2.19. The first-order chi connectivity index (χ1) is 10.3. The van der Waals surface area contributed by atoms with Crippen molar-refractivity contribution in [1.82, 2.24) is 0 Å². The molecule has 0 bridgehead atoms. The number of carbonyl (C=O) groups excluding carboxylic acids is 1. The zero-order valence-electron chi connectivity index (χ0n) is 12.2. The van der Waals surface area contributed by atoms with Gasteiger partial charge in [-0.15, -0.1) is 0 Å². The number of hydrogen-bond donors (Lipinski definition) is 0. The summed E-state index contributed by atoms with van der Waals surface area (Å²) in [5.74, 6) is 1.37. The van der Waals surface area contributed by atoms with Gasteiger partial charge < -0.3 is 9.47 Å². The van der Waals surface area contributed by atoms with Crippen LogP contribution in [0.25, 0.3) is 6.08 Å². The molecule has 0 atom stereocenters. The molecule has 0 amide bonds. The lowest BCUT2D eigenvalue weighted by atomic mass is 9.89. The second kappa shape index (κ2) is 6.12. The lowest BCUT2D eigenvalue weighted by Crippen LogP contribution is -2.19. The van der Waals surface area contributed by atoms with Crippen molar-refractivity contribution in [2.45, 2.75) is 32.1 Å². The van der Waals surface area contributed by atoms with Gasteiger partial charge in [-0.05, 0) is 36.6 Å². The molecule has 0 radical (unpaired) electrons. The minimum Gasteiger partial charge on any atom is -0.497 e. The van der Waals surface area contributed by atoms with E-state index in [2.05, 4.69) is 4.99 Å². The number of hydrogen-bond acceptors (Lipinski definition) is 4. The Kier molecular flexibility index (Phi) is 4.04. The third kappa shape index (κ3) is 3.15. The molecule has 1 aliphatic heterocycles. The van der Waals surface area contributed by atoms with Crippen molar-refractivity contribution in [2.75, 3.05) is 7.11 Å². The van der Waals surface area contributed by atoms with Gasteiger partial charge in [0.15, 0.2) is 5.70 Å². The van der Waals surface area contributed by atoms with Crippen molar-refractivity contribution < 1.29 is 14.3 Å². The fourth-order valence-corrected chi connectivity index (χ4v) is 2.81. The number of nitrogens with zero attached hydrogens (tertiary/aromatic N) is 1. The van der Waals surface area contributed by atoms with E-state index in [9.17, 15) is 4.79 Å². The summed E-state index contributed by atoms with van der Waals surface area (Å²) in [6, 6.07) is 7.51. The summed E-state index contributed by atoms with van der Waals surface area (Å²) in [5.41, 5.74) is 1.30. The molecule has 0 unspecified atom stereocenters. The molecule has 21 heavy (non-hydrogen) atoms. The Morgan fingerprint density at radius 3 is 2.57 bits per heavy atom. The number of rotatable bonds is 3. The van der Waals surface area contributed by atoms with Gasteiger partial charge in [0.05, 0.1) is 7.11 Å². The largest absolute Gasteiger partial charge is 0.497 e. The fourth-order valence-electron chi connectivity index (χ4n) is 2.81. The summed E-state index contributed by atoms with van der Waals surface area (Å²) >= 11 is 0. The zero-order valence-corrected chi connectivity index (χ0v) is 12.2. The van der Waals surface area contributed by atoms with Crippen LogP contribution in [-0.4, -0.2) is 19.0 Å². The molecule has 4 heteroatoms. The Morgan fingerprint density at radius 2 is 1.90 bits per heavy atom. The molecule has 0 spiro atoms. The number of cyclic esters (lactones) is 1. The van der Waals surface area contributed by atoms with Crippen molar-refractivity contribution >= 4 is 17.9 Å². The van der Waals surface area contributed by atoms with Gasteiger partial charge in [0, 0.05) is 5.92 Å². The van der Waals surface area contributed by atoms with E-state index in [0.717, 1.165) is 24.2 Å². The van der Waals surface area contributed by atoms with Gasteiger partial charge in [-0.25, -0.2) is 9.79 Å². The average molecular weight is 285 g/mol. The maximum atomic E-state index is 11.9. The van der Waals surface area contributed by atoms with Crippen molar-refractivity contribution in [3.8, 4) is 5.75 Å². The Bertz CT molecular complexity index is 581. The second-order valence-electron chi connectivity index (χ2n) is 5.48. The first-order valence-corrected chi connectivity index (χ1v) is 7.43. The number of esters is 1. The smallest absolute Gasteiger partial charge is 0.363 e. The fraction of sp³-hybridized carbons (Fsp3) is 0.412. The maximum absolute atomic E-state index is 11.9. The van der Waals surface area contributed by atoms with Crippen LogP contribution in [0.3, 0.4) is 0 Å². The summed E-state index contributed by atoms with van der Waals surface area (Å²) in [6.45, 7) is 0. The third-order valence-corrected chi connectivity index (χ3v) is 4.01. The lowest BCUT2D eigenvalue weighted by molar-refractivity contribution is -0.130. The van der Waals surface area contributed by atoms with Crippen LogP contribution in [0.4, 0.5) is 0 Å². The highest BCUT2D eigenvalue weighted by Crippen LogP contribution is 2.29. The van der Waals surface area contributed by atoms with E-state index in [4.69, 9.17) is 9.47 Å². The van der Waals surface area contributed by atoms with Crippen LogP contribution in [0.1, 0.15) is 37.7 Å². The molecule has 1 aromatic rings. The van der Waals surface area contributed by atoms with Gasteiger partial charge in [0.1, 0.15) is 5.75 Å². The van der Waals surface area contributed by atoms with Crippen molar-refractivity contribution in [3.63, 3.8) is 0 Å². The highest BCUT2D eigenvalue weighted by molar-refractivity contribution is 6.07. The molecular formula is C17H19NO3. The molecule has 3 rings (SSSR count). The summed E-state index contributed by atoms with van der Waals surface area (Å²) in [6.07, 6.45) is 7.56. The van der Waals surface area contributed by atoms with Gasteiger partial charge in [-0.1, -0.05) is 31.4 Å². The molecule has 1 aliphatic carbocycles. The maximum Gasteiger partial charge on any atom is 0.363 e. The van der Waals surface area contributed by atoms with Gasteiger partial charge in [0.25, 0.3) is 0 Å². The molecule has 0 aromatic heterocycles. The number of carbonyl (C=O) groups is 1.